The monoisotopic (exact) mass is 895 g/mol. The third kappa shape index (κ3) is 6.94. The Hall–Kier alpha value is -8.76. The molecule has 2 nitrogen and oxygen atoms in total. The Kier molecular flexibility index (Phi) is 9.88. The number of nitrogens with zero attached hydrogens (tertiary/aromatic N) is 1. The molecular weight excluding hydrogens is 851 g/mol. The lowest BCUT2D eigenvalue weighted by Crippen LogP contribution is -2.74. The molecule has 0 aliphatic carbocycles. The van der Waals surface area contributed by atoms with Gasteiger partial charge < -0.3 is 8.98 Å². The largest absolute Gasteiger partial charge is 0.456 e. The van der Waals surface area contributed by atoms with Crippen LogP contribution in [-0.4, -0.2) is 12.6 Å². The Morgan fingerprint density at radius 3 is 1.22 bits per heavy atom. The van der Waals surface area contributed by atoms with Gasteiger partial charge in [0.25, 0.3) is 0 Å². The number of furan rings is 1. The molecule has 0 fully saturated rings. The first-order valence-corrected chi connectivity index (χ1v) is 25.7. The number of rotatable bonds is 9. The van der Waals surface area contributed by atoms with E-state index in [2.05, 4.69) is 278 Å². The predicted octanol–water partition coefficient (Wildman–Crippen LogP) is 14.7. The lowest BCUT2D eigenvalue weighted by atomic mass is 9.95. The first-order chi connectivity index (χ1) is 34.2. The first kappa shape index (κ1) is 40.5. The maximum Gasteiger partial charge on any atom is 0.179 e. The summed E-state index contributed by atoms with van der Waals surface area (Å²) in [4.78, 5) is 0. The highest BCUT2D eigenvalue weighted by atomic mass is 28.3. The Labute approximate surface area is 402 Å². The maximum atomic E-state index is 6.48. The van der Waals surface area contributed by atoms with Crippen LogP contribution in [0.4, 0.5) is 0 Å². The molecule has 0 aliphatic rings. The van der Waals surface area contributed by atoms with Gasteiger partial charge in [-0.25, -0.2) is 0 Å². The van der Waals surface area contributed by atoms with Crippen molar-refractivity contribution >= 4 is 72.6 Å². The molecule has 0 amide bonds. The minimum atomic E-state index is -2.73. The summed E-state index contributed by atoms with van der Waals surface area (Å²) in [6.45, 7) is 0. The minimum absolute atomic E-state index is 0.882. The summed E-state index contributed by atoms with van der Waals surface area (Å²) < 4.78 is 8.92. The van der Waals surface area contributed by atoms with Crippen LogP contribution in [0.5, 0.6) is 0 Å². The summed E-state index contributed by atoms with van der Waals surface area (Å²) >= 11 is 0. The van der Waals surface area contributed by atoms with Gasteiger partial charge in [-0.1, -0.05) is 212 Å². The van der Waals surface area contributed by atoms with Crippen molar-refractivity contribution in [1.29, 1.82) is 0 Å². The predicted molar refractivity (Wildman–Crippen MR) is 293 cm³/mol. The van der Waals surface area contributed by atoms with Gasteiger partial charge in [0.1, 0.15) is 11.2 Å². The minimum Gasteiger partial charge on any atom is -0.456 e. The van der Waals surface area contributed by atoms with Crippen molar-refractivity contribution in [3.63, 3.8) is 0 Å². The quantitative estimate of drug-likeness (QED) is 0.104. The van der Waals surface area contributed by atoms with Crippen LogP contribution in [0.1, 0.15) is 0 Å². The van der Waals surface area contributed by atoms with E-state index in [1.54, 1.807) is 0 Å². The van der Waals surface area contributed by atoms with Crippen molar-refractivity contribution in [1.82, 2.24) is 4.57 Å². The number of hydrogen-bond acceptors (Lipinski definition) is 1. The fraction of sp³-hybridized carbons (Fsp3) is 0. The standard InChI is InChI=1S/C66H45NOSi/c1-5-18-46(19-6-1)47-20-15-21-48(40-47)49-22-16-23-50(41-49)52-34-38-65-61(43-52)62-44-53(35-39-66(62)68-65)51-24-17-25-54(42-51)67-63-33-14-13-32-59(63)60-45-58(36-37-64(60)67)69(55-26-7-2-8-27-55,56-28-9-3-10-29-56)57-30-11-4-12-31-57/h1-45H. The van der Waals surface area contributed by atoms with Crippen molar-refractivity contribution in [2.75, 3.05) is 0 Å². The van der Waals surface area contributed by atoms with Crippen LogP contribution < -0.4 is 20.7 Å². The molecule has 69 heavy (non-hydrogen) atoms. The zero-order valence-electron chi connectivity index (χ0n) is 37.8. The van der Waals surface area contributed by atoms with E-state index in [9.17, 15) is 0 Å². The van der Waals surface area contributed by atoms with Gasteiger partial charge in [0.05, 0.1) is 11.0 Å². The van der Waals surface area contributed by atoms with Crippen molar-refractivity contribution in [3.8, 4) is 50.2 Å². The third-order valence-electron chi connectivity index (χ3n) is 14.1. The topological polar surface area (TPSA) is 18.1 Å². The van der Waals surface area contributed by atoms with E-state index >= 15 is 0 Å². The molecule has 0 saturated heterocycles. The van der Waals surface area contributed by atoms with E-state index in [0.29, 0.717) is 0 Å². The zero-order valence-corrected chi connectivity index (χ0v) is 38.8. The van der Waals surface area contributed by atoms with Gasteiger partial charge in [0.2, 0.25) is 0 Å². The van der Waals surface area contributed by atoms with Gasteiger partial charge in [0, 0.05) is 27.2 Å². The lowest BCUT2D eigenvalue weighted by Gasteiger charge is -2.34. The van der Waals surface area contributed by atoms with Crippen LogP contribution in [0.2, 0.25) is 0 Å². The Morgan fingerprint density at radius 1 is 0.246 bits per heavy atom. The molecule has 3 heteroatoms. The van der Waals surface area contributed by atoms with Gasteiger partial charge in [0.15, 0.2) is 8.07 Å². The molecule has 324 valence electrons. The Balaban J connectivity index is 0.900. The van der Waals surface area contributed by atoms with Crippen LogP contribution in [-0.2, 0) is 0 Å². The Morgan fingerprint density at radius 2 is 0.667 bits per heavy atom. The molecule has 13 rings (SSSR count). The molecule has 0 saturated carbocycles. The molecule has 2 aromatic heterocycles. The summed E-state index contributed by atoms with van der Waals surface area (Å²) in [7, 11) is -2.73. The fourth-order valence-corrected chi connectivity index (χ4v) is 15.7. The molecule has 0 bridgehead atoms. The summed E-state index contributed by atoms with van der Waals surface area (Å²) in [6.07, 6.45) is 0. The highest BCUT2D eigenvalue weighted by Gasteiger charge is 2.41. The van der Waals surface area contributed by atoms with Gasteiger partial charge in [-0.2, -0.15) is 0 Å². The second-order valence-corrected chi connectivity index (χ2v) is 21.8. The molecule has 0 spiro atoms. The van der Waals surface area contributed by atoms with E-state index in [1.807, 2.05) is 0 Å². The van der Waals surface area contributed by atoms with E-state index < -0.39 is 8.07 Å². The van der Waals surface area contributed by atoms with E-state index in [0.717, 1.165) is 44.3 Å². The average Bonchev–Trinajstić information content (AvgIpc) is 3.97. The average molecular weight is 896 g/mol. The van der Waals surface area contributed by atoms with Gasteiger partial charge in [-0.05, 0) is 126 Å². The Bertz CT molecular complexity index is 3910. The van der Waals surface area contributed by atoms with Crippen LogP contribution in [0.15, 0.2) is 277 Å². The van der Waals surface area contributed by atoms with Crippen LogP contribution in [0.25, 0.3) is 93.9 Å². The molecule has 0 aliphatic heterocycles. The van der Waals surface area contributed by atoms with Crippen molar-refractivity contribution in [3.05, 3.63) is 273 Å². The molecule has 11 aromatic carbocycles. The van der Waals surface area contributed by atoms with E-state index in [4.69, 9.17) is 4.42 Å². The number of aromatic nitrogens is 1. The summed E-state index contributed by atoms with van der Waals surface area (Å²) in [5, 5.41) is 10.2. The fourth-order valence-electron chi connectivity index (χ4n) is 10.9. The lowest BCUT2D eigenvalue weighted by molar-refractivity contribution is 0.669. The summed E-state index contributed by atoms with van der Waals surface area (Å²) in [5.74, 6) is 0. The first-order valence-electron chi connectivity index (χ1n) is 23.7. The summed E-state index contributed by atoms with van der Waals surface area (Å²) in [5.41, 5.74) is 14.7. The third-order valence-corrected chi connectivity index (χ3v) is 18.9. The van der Waals surface area contributed by atoms with Gasteiger partial charge in [-0.3, -0.25) is 0 Å². The molecule has 0 atom stereocenters. The number of hydrogen-bond donors (Lipinski definition) is 0. The highest BCUT2D eigenvalue weighted by Crippen LogP contribution is 2.38. The van der Waals surface area contributed by atoms with E-state index in [1.165, 1.54) is 70.4 Å². The smallest absolute Gasteiger partial charge is 0.179 e. The molecule has 0 unspecified atom stereocenters. The second-order valence-electron chi connectivity index (χ2n) is 18.0. The molecule has 13 aromatic rings. The van der Waals surface area contributed by atoms with Crippen molar-refractivity contribution < 1.29 is 4.42 Å². The molecule has 2 heterocycles. The number of fused-ring (bicyclic) bond motifs is 6. The van der Waals surface area contributed by atoms with Crippen LogP contribution in [0, 0.1) is 0 Å². The van der Waals surface area contributed by atoms with Gasteiger partial charge >= 0.3 is 0 Å². The van der Waals surface area contributed by atoms with Crippen molar-refractivity contribution in [2.45, 2.75) is 0 Å². The number of para-hydroxylation sites is 1. The van der Waals surface area contributed by atoms with E-state index in [-0.39, 0.29) is 0 Å². The zero-order chi connectivity index (χ0) is 45.7. The molecule has 0 radical (unpaired) electrons. The SMILES string of the molecule is c1ccc(-c2cccc(-c3cccc(-c4ccc5oc6ccc(-c7cccc(-n8c9ccccc9c9cc([Si](c%10ccccc%10)(c%10ccccc%10)c%10ccccc%10)ccc98)c7)cc6c5c4)c3)c2)cc1. The second kappa shape index (κ2) is 16.8. The molecular formula is C66H45NOSi. The van der Waals surface area contributed by atoms with Crippen LogP contribution >= 0.6 is 0 Å². The highest BCUT2D eigenvalue weighted by molar-refractivity contribution is 7.20. The normalized spacial score (nSPS) is 11.8. The van der Waals surface area contributed by atoms with Crippen LogP contribution in [0.3, 0.4) is 0 Å². The molecule has 0 N–H and O–H groups in total. The maximum absolute atomic E-state index is 6.48. The van der Waals surface area contributed by atoms with Gasteiger partial charge in [-0.15, -0.1) is 0 Å². The summed E-state index contributed by atoms with van der Waals surface area (Å²) in [6, 6.07) is 100. The van der Waals surface area contributed by atoms with Crippen molar-refractivity contribution in [2.24, 2.45) is 0 Å². The number of benzene rings is 11.